The van der Waals surface area contributed by atoms with E-state index in [1.807, 2.05) is 0 Å². The van der Waals surface area contributed by atoms with Gasteiger partial charge in [-0.3, -0.25) is 0 Å². The van der Waals surface area contributed by atoms with Crippen molar-refractivity contribution in [1.29, 1.82) is 0 Å². The molecule has 0 saturated heterocycles. The zero-order valence-electron chi connectivity index (χ0n) is 13.5. The second kappa shape index (κ2) is 5.80. The van der Waals surface area contributed by atoms with Gasteiger partial charge in [-0.15, -0.1) is 10.2 Å². The Bertz CT molecular complexity index is 802. The average molecular weight is 355 g/mol. The number of aryl methyl sites for hydroxylation is 1. The van der Waals surface area contributed by atoms with E-state index in [0.717, 1.165) is 0 Å². The Morgan fingerprint density at radius 3 is 2.44 bits per heavy atom. The molecule has 3 rings (SSSR count). The molecule has 3 N–H and O–H groups in total. The summed E-state index contributed by atoms with van der Waals surface area (Å²) >= 11 is 0. The Kier molecular flexibility index (Phi) is 4.02. The second-order valence-electron chi connectivity index (χ2n) is 6.41. The lowest BCUT2D eigenvalue weighted by Gasteiger charge is -2.41. The van der Waals surface area contributed by atoms with E-state index >= 15 is 0 Å². The largest absolute Gasteiger partial charge is 0.506 e. The molecule has 7 nitrogen and oxygen atoms in total. The van der Waals surface area contributed by atoms with E-state index < -0.39 is 23.1 Å². The van der Waals surface area contributed by atoms with Crippen molar-refractivity contribution >= 4 is 5.95 Å². The van der Waals surface area contributed by atoms with Crippen molar-refractivity contribution in [2.45, 2.75) is 44.5 Å². The third-order valence-electron chi connectivity index (χ3n) is 3.99. The van der Waals surface area contributed by atoms with Gasteiger partial charge in [-0.05, 0) is 32.8 Å². The highest BCUT2D eigenvalue weighted by atomic mass is 19.4. The number of nitrogens with zero attached hydrogens (tertiary/aromatic N) is 4. The molecule has 0 amide bonds. The van der Waals surface area contributed by atoms with Crippen LogP contribution in [0.5, 0.6) is 5.75 Å². The Morgan fingerprint density at radius 2 is 1.92 bits per heavy atom. The van der Waals surface area contributed by atoms with Gasteiger partial charge in [0, 0.05) is 12.2 Å². The van der Waals surface area contributed by atoms with Crippen molar-refractivity contribution in [3.05, 3.63) is 23.5 Å². The van der Waals surface area contributed by atoms with Crippen LogP contribution in [-0.4, -0.2) is 42.0 Å². The molecule has 134 valence electrons. The van der Waals surface area contributed by atoms with Crippen molar-refractivity contribution in [2.75, 3.05) is 5.32 Å². The zero-order valence-corrected chi connectivity index (χ0v) is 13.5. The van der Waals surface area contributed by atoms with Crippen LogP contribution in [0.2, 0.25) is 0 Å². The Hall–Kier alpha value is -2.49. The van der Waals surface area contributed by atoms with Crippen molar-refractivity contribution in [1.82, 2.24) is 20.2 Å². The SMILES string of the molecule is Cc1nc(N[C@H]2C[C@@](C)(O)C2)nnc1-c1ncc(C(F)(F)F)cc1O. The summed E-state index contributed by atoms with van der Waals surface area (Å²) < 4.78 is 37.9. The first-order valence-corrected chi connectivity index (χ1v) is 7.52. The lowest BCUT2D eigenvalue weighted by atomic mass is 9.77. The first-order valence-electron chi connectivity index (χ1n) is 7.52. The van der Waals surface area contributed by atoms with E-state index in [9.17, 15) is 23.4 Å². The molecule has 2 aromatic rings. The number of aliphatic hydroxyl groups is 1. The Balaban J connectivity index is 1.82. The van der Waals surface area contributed by atoms with E-state index in [-0.39, 0.29) is 23.4 Å². The van der Waals surface area contributed by atoms with E-state index in [4.69, 9.17) is 0 Å². The minimum atomic E-state index is -4.60. The van der Waals surface area contributed by atoms with Gasteiger partial charge in [-0.1, -0.05) is 0 Å². The monoisotopic (exact) mass is 355 g/mol. The first kappa shape index (κ1) is 17.3. The molecular formula is C15H16F3N5O2. The van der Waals surface area contributed by atoms with Gasteiger partial charge in [0.2, 0.25) is 5.95 Å². The van der Waals surface area contributed by atoms with Crippen molar-refractivity contribution in [3.8, 4) is 17.1 Å². The molecule has 1 aliphatic rings. The van der Waals surface area contributed by atoms with Gasteiger partial charge in [0.15, 0.2) is 0 Å². The average Bonchev–Trinajstić information content (AvgIpc) is 2.45. The number of nitrogens with one attached hydrogen (secondary N) is 1. The Morgan fingerprint density at radius 1 is 1.24 bits per heavy atom. The fourth-order valence-electron chi connectivity index (χ4n) is 2.76. The number of alkyl halides is 3. The van der Waals surface area contributed by atoms with Crippen LogP contribution in [0.1, 0.15) is 31.0 Å². The molecule has 10 heteroatoms. The van der Waals surface area contributed by atoms with Crippen LogP contribution in [0.3, 0.4) is 0 Å². The molecule has 0 aromatic carbocycles. The van der Waals surface area contributed by atoms with Crippen LogP contribution in [-0.2, 0) is 6.18 Å². The quantitative estimate of drug-likeness (QED) is 0.776. The smallest absolute Gasteiger partial charge is 0.418 e. The van der Waals surface area contributed by atoms with Crippen molar-refractivity contribution in [3.63, 3.8) is 0 Å². The molecule has 1 fully saturated rings. The standard InChI is InChI=1S/C15H16F3N5O2/c1-7-11(12-10(24)3-8(6-19-12)15(16,17)18)22-23-13(20-7)21-9-4-14(2,25)5-9/h3,6,9,24-25H,4-5H2,1-2H3,(H,20,21,23)/t9-,14+. The van der Waals surface area contributed by atoms with Gasteiger partial charge >= 0.3 is 6.18 Å². The maximum absolute atomic E-state index is 12.6. The number of hydrogen-bond donors (Lipinski definition) is 3. The predicted molar refractivity (Wildman–Crippen MR) is 81.7 cm³/mol. The summed E-state index contributed by atoms with van der Waals surface area (Å²) in [5.41, 5.74) is -1.43. The van der Waals surface area contributed by atoms with Gasteiger partial charge in [0.25, 0.3) is 0 Å². The molecule has 25 heavy (non-hydrogen) atoms. The van der Waals surface area contributed by atoms with Gasteiger partial charge in [-0.2, -0.15) is 13.2 Å². The van der Waals surface area contributed by atoms with Crippen LogP contribution < -0.4 is 5.32 Å². The highest BCUT2D eigenvalue weighted by Gasteiger charge is 2.38. The summed E-state index contributed by atoms with van der Waals surface area (Å²) in [4.78, 5) is 7.84. The first-order chi connectivity index (χ1) is 11.5. The molecule has 0 aliphatic heterocycles. The highest BCUT2D eigenvalue weighted by molar-refractivity contribution is 5.64. The maximum Gasteiger partial charge on any atom is 0.418 e. The van der Waals surface area contributed by atoms with Gasteiger partial charge in [0.05, 0.1) is 16.9 Å². The number of anilines is 1. The van der Waals surface area contributed by atoms with Crippen LogP contribution in [0, 0.1) is 6.92 Å². The van der Waals surface area contributed by atoms with Crippen LogP contribution in [0.15, 0.2) is 12.3 Å². The minimum Gasteiger partial charge on any atom is -0.506 e. The molecular weight excluding hydrogens is 339 g/mol. The van der Waals surface area contributed by atoms with Crippen LogP contribution >= 0.6 is 0 Å². The summed E-state index contributed by atoms with van der Waals surface area (Å²) in [7, 11) is 0. The molecule has 0 spiro atoms. The number of aromatic hydroxyl groups is 1. The fraction of sp³-hybridized carbons (Fsp3) is 0.467. The highest BCUT2D eigenvalue weighted by Crippen LogP contribution is 2.35. The van der Waals surface area contributed by atoms with E-state index in [0.29, 0.717) is 30.8 Å². The third-order valence-corrected chi connectivity index (χ3v) is 3.99. The maximum atomic E-state index is 12.6. The molecule has 1 saturated carbocycles. The normalized spacial score (nSPS) is 23.2. The van der Waals surface area contributed by atoms with Crippen molar-refractivity contribution < 1.29 is 23.4 Å². The lowest BCUT2D eigenvalue weighted by Crippen LogP contribution is -2.48. The Labute approximate surface area is 141 Å². The molecule has 1 aliphatic carbocycles. The summed E-state index contributed by atoms with van der Waals surface area (Å²) in [6.07, 6.45) is -2.87. The van der Waals surface area contributed by atoms with Crippen LogP contribution in [0.25, 0.3) is 11.4 Å². The van der Waals surface area contributed by atoms with Gasteiger partial charge < -0.3 is 15.5 Å². The number of rotatable bonds is 3. The molecule has 0 atom stereocenters. The summed E-state index contributed by atoms with van der Waals surface area (Å²) in [6, 6.07) is 0.617. The lowest BCUT2D eigenvalue weighted by molar-refractivity contribution is -0.137. The van der Waals surface area contributed by atoms with Crippen LogP contribution in [0.4, 0.5) is 19.1 Å². The zero-order chi connectivity index (χ0) is 18.4. The predicted octanol–water partition coefficient (Wildman–Crippen LogP) is 2.29. The topological polar surface area (TPSA) is 104 Å². The second-order valence-corrected chi connectivity index (χ2v) is 6.41. The van der Waals surface area contributed by atoms with Crippen molar-refractivity contribution in [2.24, 2.45) is 0 Å². The molecule has 2 heterocycles. The third kappa shape index (κ3) is 3.63. The molecule has 0 unspecified atom stereocenters. The van der Waals surface area contributed by atoms with E-state index in [1.165, 1.54) is 0 Å². The van der Waals surface area contributed by atoms with Gasteiger partial charge in [-0.25, -0.2) is 9.97 Å². The summed E-state index contributed by atoms with van der Waals surface area (Å²) in [5, 5.41) is 30.4. The molecule has 2 aromatic heterocycles. The number of aromatic nitrogens is 4. The number of hydrogen-bond acceptors (Lipinski definition) is 7. The number of halogens is 3. The fourth-order valence-corrected chi connectivity index (χ4v) is 2.76. The summed E-state index contributed by atoms with van der Waals surface area (Å²) in [6.45, 7) is 3.32. The van der Waals surface area contributed by atoms with Gasteiger partial charge in [0.1, 0.15) is 17.1 Å². The minimum absolute atomic E-state index is 0.0275. The van der Waals surface area contributed by atoms with E-state index in [1.54, 1.807) is 13.8 Å². The molecule has 0 radical (unpaired) electrons. The molecule has 0 bridgehead atoms. The van der Waals surface area contributed by atoms with E-state index in [2.05, 4.69) is 25.5 Å². The summed E-state index contributed by atoms with van der Waals surface area (Å²) in [5.74, 6) is -0.405. The number of pyridine rings is 1.